The number of nitrogens with zero attached hydrogens (tertiary/aromatic N) is 3. The van der Waals surface area contributed by atoms with E-state index in [1.54, 1.807) is 4.57 Å². The van der Waals surface area contributed by atoms with Gasteiger partial charge in [0, 0.05) is 54.2 Å². The van der Waals surface area contributed by atoms with Gasteiger partial charge in [0.15, 0.2) is 0 Å². The molecular weight excluding hydrogens is 820 g/mol. The summed E-state index contributed by atoms with van der Waals surface area (Å²) in [5.41, 5.74) is -0.298. The average molecular weight is 872 g/mol. The van der Waals surface area contributed by atoms with Gasteiger partial charge >= 0.3 is 6.18 Å². The fraction of sp³-hybridized carbons (Fsp3) is 0.463. The van der Waals surface area contributed by atoms with Crippen LogP contribution in [0.5, 0.6) is 17.4 Å². The van der Waals surface area contributed by atoms with E-state index in [9.17, 15) is 26.4 Å². The van der Waals surface area contributed by atoms with Crippen molar-refractivity contribution in [3.8, 4) is 17.4 Å². The van der Waals surface area contributed by atoms with E-state index >= 15 is 0 Å². The van der Waals surface area contributed by atoms with Crippen molar-refractivity contribution >= 4 is 33.3 Å². The van der Waals surface area contributed by atoms with Crippen LogP contribution < -0.4 is 25.1 Å². The van der Waals surface area contributed by atoms with Gasteiger partial charge in [0.25, 0.3) is 15.7 Å². The first kappa shape index (κ1) is 46.8. The maximum Gasteiger partial charge on any atom is 0.421 e. The summed E-state index contributed by atoms with van der Waals surface area (Å²) in [7, 11) is -3.64. The number of pyridine rings is 2. The summed E-state index contributed by atoms with van der Waals surface area (Å²) in [5, 5.41) is 4.80. The van der Waals surface area contributed by atoms with E-state index in [0.717, 1.165) is 117 Å². The van der Waals surface area contributed by atoms with Crippen molar-refractivity contribution in [2.45, 2.75) is 70.4 Å². The molecule has 2 saturated heterocycles. The molecule has 2 aliphatic rings. The van der Waals surface area contributed by atoms with Crippen LogP contribution in [-0.4, -0.2) is 86.3 Å². The normalized spacial score (nSPS) is 16.5. The Morgan fingerprint density at radius 3 is 1.90 bits per heavy atom. The van der Waals surface area contributed by atoms with Gasteiger partial charge in [-0.2, -0.15) is 21.6 Å². The number of aryl methyl sites for hydroxylation is 1. The van der Waals surface area contributed by atoms with Crippen LogP contribution in [0.4, 0.5) is 13.2 Å². The van der Waals surface area contributed by atoms with Crippen molar-refractivity contribution in [2.24, 2.45) is 0 Å². The molecule has 58 heavy (non-hydrogen) atoms. The zero-order valence-corrected chi connectivity index (χ0v) is 35.4. The van der Waals surface area contributed by atoms with Gasteiger partial charge in [0.1, 0.15) is 41.5 Å². The molecule has 4 heterocycles. The summed E-state index contributed by atoms with van der Waals surface area (Å²) >= 11 is 11.8. The smallest absolute Gasteiger partial charge is 0.421 e. The highest BCUT2D eigenvalue weighted by molar-refractivity contribution is 7.85. The molecule has 0 aliphatic carbocycles. The van der Waals surface area contributed by atoms with E-state index in [1.165, 1.54) is 0 Å². The minimum Gasteiger partial charge on any atom is -0.487 e. The molecule has 2 fully saturated rings. The molecule has 0 amide bonds. The second-order valence-electron chi connectivity index (χ2n) is 14.5. The van der Waals surface area contributed by atoms with Crippen LogP contribution in [-0.2, 0) is 27.0 Å². The summed E-state index contributed by atoms with van der Waals surface area (Å²) in [6, 6.07) is 20.9. The minimum atomic E-state index is -4.58. The lowest BCUT2D eigenvalue weighted by Gasteiger charge is -2.39. The lowest BCUT2D eigenvalue weighted by atomic mass is 9.93. The van der Waals surface area contributed by atoms with Crippen molar-refractivity contribution in [3.63, 3.8) is 0 Å². The number of rotatable bonds is 12. The summed E-state index contributed by atoms with van der Waals surface area (Å²) in [6.45, 7) is 11.1. The van der Waals surface area contributed by atoms with Crippen molar-refractivity contribution in [1.82, 2.24) is 19.8 Å². The number of ether oxygens (including phenoxy) is 3. The number of hydrogen-bond donors (Lipinski definition) is 1. The molecule has 318 valence electrons. The maximum atomic E-state index is 12.5. The standard InChI is InChI=1S/C20H25ClN2O2.C12H16ClNO.C9H10F3NO4S/c1-16-4-3-11-23(19(16)24)15-14-22-12-9-20(2,10-13-22)25-18-7-5-17(21)6-8-18;1-12(6-8-14-9-7-12)15-11-4-2-10(13)3-5-11;1-18(14,15)17-6-5-16-8-7(9(10,11)12)3-2-4-13-8/h3-8,11H,9-10,12-15H2,1-2H3;2-5,14H,6-9H2,1H3;2-4H,5-6H2,1H3. The Bertz CT molecular complexity index is 2040. The first-order chi connectivity index (χ1) is 27.3. The van der Waals surface area contributed by atoms with Crippen molar-refractivity contribution < 1.29 is 40.0 Å². The highest BCUT2D eigenvalue weighted by atomic mass is 35.5. The molecule has 2 aliphatic heterocycles. The molecule has 1 N–H and O–H groups in total. The number of nitrogens with one attached hydrogen (secondary N) is 1. The summed E-state index contributed by atoms with van der Waals surface area (Å²) in [5.74, 6) is 1.16. The number of benzene rings is 2. The Balaban J connectivity index is 0.000000200. The van der Waals surface area contributed by atoms with E-state index in [2.05, 4.69) is 33.2 Å². The highest BCUT2D eigenvalue weighted by Crippen LogP contribution is 2.34. The Morgan fingerprint density at radius 1 is 0.810 bits per heavy atom. The van der Waals surface area contributed by atoms with Gasteiger partial charge < -0.3 is 29.0 Å². The van der Waals surface area contributed by atoms with Crippen molar-refractivity contribution in [3.05, 3.63) is 117 Å². The fourth-order valence-electron chi connectivity index (χ4n) is 6.11. The van der Waals surface area contributed by atoms with E-state index in [4.69, 9.17) is 37.4 Å². The number of likely N-dealkylation sites (tertiary alicyclic amines) is 1. The molecule has 6 rings (SSSR count). The average Bonchev–Trinajstić information content (AvgIpc) is 3.17. The van der Waals surface area contributed by atoms with Crippen LogP contribution in [0.3, 0.4) is 0 Å². The molecule has 2 aromatic carbocycles. The minimum absolute atomic E-state index is 0.0287. The molecule has 0 bridgehead atoms. The van der Waals surface area contributed by atoms with Crippen molar-refractivity contribution in [2.75, 3.05) is 52.2 Å². The molecule has 0 atom stereocenters. The first-order valence-corrected chi connectivity index (χ1v) is 21.4. The number of hydrogen-bond acceptors (Lipinski definition) is 10. The molecule has 0 saturated carbocycles. The topological polar surface area (TPSA) is 121 Å². The SMILES string of the molecule is CC1(Oc2ccc(Cl)cc2)CCNCC1.CS(=O)(=O)OCCOc1ncccc1C(F)(F)F.Cc1cccn(CCN2CCC(C)(Oc3ccc(Cl)cc3)CC2)c1=O. The van der Waals surface area contributed by atoms with E-state index < -0.39 is 27.7 Å². The zero-order valence-electron chi connectivity index (χ0n) is 33.1. The highest BCUT2D eigenvalue weighted by Gasteiger charge is 2.35. The van der Waals surface area contributed by atoms with Crippen LogP contribution in [0.2, 0.25) is 10.0 Å². The second-order valence-corrected chi connectivity index (χ2v) is 17.0. The Morgan fingerprint density at radius 2 is 1.36 bits per heavy atom. The number of alkyl halides is 3. The van der Waals surface area contributed by atoms with Crippen molar-refractivity contribution in [1.29, 1.82) is 0 Å². The largest absolute Gasteiger partial charge is 0.487 e. The summed E-state index contributed by atoms with van der Waals surface area (Å²) in [4.78, 5) is 17.9. The fourth-order valence-corrected chi connectivity index (χ4v) is 6.73. The molecule has 0 spiro atoms. The van der Waals surface area contributed by atoms with Gasteiger partial charge in [-0.05, 0) is 126 Å². The second kappa shape index (κ2) is 21.4. The van der Waals surface area contributed by atoms with Crippen LogP contribution in [0.25, 0.3) is 0 Å². The monoisotopic (exact) mass is 870 g/mol. The third-order valence-corrected chi connectivity index (χ3v) is 10.6. The van der Waals surface area contributed by atoms with Gasteiger partial charge in [0.2, 0.25) is 5.88 Å². The molecule has 17 heteroatoms. The van der Waals surface area contributed by atoms with Gasteiger partial charge in [-0.1, -0.05) is 29.3 Å². The van der Waals surface area contributed by atoms with Crippen LogP contribution in [0, 0.1) is 6.92 Å². The molecule has 0 radical (unpaired) electrons. The molecular formula is C41H51Cl2F3N4O7S. The van der Waals surface area contributed by atoms with Gasteiger partial charge in [-0.3, -0.25) is 8.98 Å². The van der Waals surface area contributed by atoms with Crippen LogP contribution >= 0.6 is 23.2 Å². The van der Waals surface area contributed by atoms with Gasteiger partial charge in [0.05, 0.1) is 6.26 Å². The van der Waals surface area contributed by atoms with E-state index in [-0.39, 0.29) is 30.0 Å². The van der Waals surface area contributed by atoms with Gasteiger partial charge in [-0.25, -0.2) is 4.98 Å². The zero-order chi connectivity index (χ0) is 42.4. The van der Waals surface area contributed by atoms with E-state index in [1.807, 2.05) is 73.8 Å². The third-order valence-electron chi connectivity index (χ3n) is 9.49. The Kier molecular flexibility index (Phi) is 17.3. The van der Waals surface area contributed by atoms with Gasteiger partial charge in [-0.15, -0.1) is 0 Å². The third kappa shape index (κ3) is 16.1. The maximum absolute atomic E-state index is 12.5. The Labute approximate surface area is 348 Å². The number of halogens is 5. The lowest BCUT2D eigenvalue weighted by Crippen LogP contribution is -2.47. The van der Waals surface area contributed by atoms with Crippen LogP contribution in [0.1, 0.15) is 50.7 Å². The quantitative estimate of drug-likeness (QED) is 0.111. The van der Waals surface area contributed by atoms with E-state index in [0.29, 0.717) is 0 Å². The predicted octanol–water partition coefficient (Wildman–Crippen LogP) is 8.06. The number of piperidine rings is 2. The molecule has 11 nitrogen and oxygen atoms in total. The van der Waals surface area contributed by atoms with Crippen LogP contribution in [0.15, 0.2) is 90.0 Å². The first-order valence-electron chi connectivity index (χ1n) is 18.8. The molecule has 2 aromatic heterocycles. The lowest BCUT2D eigenvalue weighted by molar-refractivity contribution is -0.139. The molecule has 0 unspecified atom stereocenters. The summed E-state index contributed by atoms with van der Waals surface area (Å²) in [6.07, 6.45) is 3.30. The predicted molar refractivity (Wildman–Crippen MR) is 220 cm³/mol. The Hall–Kier alpha value is -3.86. The number of aromatic nitrogens is 2. The summed E-state index contributed by atoms with van der Waals surface area (Å²) < 4.78 is 81.7. The molecule has 4 aromatic rings.